The molecule has 2 fully saturated rings. The molecule has 5 rings (SSSR count). The van der Waals surface area contributed by atoms with Gasteiger partial charge in [0.15, 0.2) is 0 Å². The number of likely N-dealkylation sites (tertiary alicyclic amines) is 1. The van der Waals surface area contributed by atoms with Crippen LogP contribution in [0.2, 0.25) is 0 Å². The summed E-state index contributed by atoms with van der Waals surface area (Å²) < 4.78 is 5.46. The molecule has 8 nitrogen and oxygen atoms in total. The van der Waals surface area contributed by atoms with E-state index >= 15 is 0 Å². The topological polar surface area (TPSA) is 101 Å². The van der Waals surface area contributed by atoms with E-state index in [1.54, 1.807) is 6.20 Å². The largest absolute Gasteiger partial charge is 0.444 e. The Bertz CT molecular complexity index is 1500. The van der Waals surface area contributed by atoms with Gasteiger partial charge in [-0.2, -0.15) is 0 Å². The lowest BCUT2D eigenvalue weighted by molar-refractivity contribution is -0.130. The number of pyridine rings is 1. The molecule has 2 N–H and O–H groups in total. The van der Waals surface area contributed by atoms with Crippen molar-refractivity contribution in [3.63, 3.8) is 0 Å². The van der Waals surface area contributed by atoms with Crippen molar-refractivity contribution in [2.24, 2.45) is 5.92 Å². The zero-order chi connectivity index (χ0) is 32.2. The first-order valence-electron chi connectivity index (χ1n) is 16.1. The highest BCUT2D eigenvalue weighted by Crippen LogP contribution is 2.35. The number of amides is 3. The van der Waals surface area contributed by atoms with Gasteiger partial charge in [0.2, 0.25) is 11.8 Å². The highest BCUT2D eigenvalue weighted by Gasteiger charge is 2.32. The molecular formula is C37H46N4O4. The fourth-order valence-electron chi connectivity index (χ4n) is 6.47. The lowest BCUT2D eigenvalue weighted by atomic mass is 9.83. The fourth-order valence-corrected chi connectivity index (χ4v) is 6.47. The fraction of sp³-hybridized carbons (Fsp3) is 0.459. The Morgan fingerprint density at radius 1 is 0.933 bits per heavy atom. The number of carbonyl (C=O) groups is 3. The minimum atomic E-state index is -0.643. The normalized spacial score (nSPS) is 18.9. The van der Waals surface area contributed by atoms with Crippen LogP contribution in [0.25, 0.3) is 22.4 Å². The number of rotatable bonds is 8. The Kier molecular flexibility index (Phi) is 9.61. The molecule has 0 bridgehead atoms. The maximum atomic E-state index is 13.1. The number of aromatic nitrogens is 1. The molecule has 1 aliphatic carbocycles. The van der Waals surface area contributed by atoms with Crippen LogP contribution >= 0.6 is 0 Å². The second-order valence-corrected chi connectivity index (χ2v) is 13.9. The van der Waals surface area contributed by atoms with Crippen molar-refractivity contribution in [3.05, 3.63) is 72.4 Å². The lowest BCUT2D eigenvalue weighted by Gasteiger charge is -2.34. The predicted molar refractivity (Wildman–Crippen MR) is 177 cm³/mol. The minimum absolute atomic E-state index is 0.00617. The molecule has 238 valence electrons. The number of hydrogen-bond donors (Lipinski definition) is 2. The Morgan fingerprint density at radius 2 is 1.62 bits per heavy atom. The molecule has 1 aliphatic heterocycles. The van der Waals surface area contributed by atoms with Crippen LogP contribution in [0.1, 0.15) is 85.1 Å². The highest BCUT2D eigenvalue weighted by molar-refractivity contribution is 5.93. The van der Waals surface area contributed by atoms with Crippen molar-refractivity contribution in [2.75, 3.05) is 11.9 Å². The molecule has 3 amide bonds. The van der Waals surface area contributed by atoms with Gasteiger partial charge in [-0.25, -0.2) is 4.79 Å². The molecule has 2 heterocycles. The molecule has 2 aromatic carbocycles. The summed E-state index contributed by atoms with van der Waals surface area (Å²) in [7, 11) is 0. The van der Waals surface area contributed by atoms with Gasteiger partial charge in [0.25, 0.3) is 0 Å². The number of hydrogen-bond acceptors (Lipinski definition) is 5. The minimum Gasteiger partial charge on any atom is -0.444 e. The van der Waals surface area contributed by atoms with Crippen LogP contribution in [-0.4, -0.2) is 46.0 Å². The van der Waals surface area contributed by atoms with Crippen LogP contribution in [0.15, 0.2) is 66.9 Å². The van der Waals surface area contributed by atoms with Crippen molar-refractivity contribution in [1.82, 2.24) is 15.2 Å². The number of ether oxygens (including phenoxy) is 1. The van der Waals surface area contributed by atoms with Crippen LogP contribution in [0.4, 0.5) is 10.5 Å². The van der Waals surface area contributed by atoms with Crippen molar-refractivity contribution in [3.8, 4) is 22.4 Å². The molecule has 0 radical (unpaired) electrons. The van der Waals surface area contributed by atoms with Gasteiger partial charge in [0.1, 0.15) is 5.60 Å². The van der Waals surface area contributed by atoms with Crippen LogP contribution in [-0.2, 0) is 19.9 Å². The van der Waals surface area contributed by atoms with Gasteiger partial charge in [0, 0.05) is 36.6 Å². The van der Waals surface area contributed by atoms with Gasteiger partial charge >= 0.3 is 6.09 Å². The van der Waals surface area contributed by atoms with E-state index in [-0.39, 0.29) is 11.8 Å². The molecule has 1 saturated heterocycles. The van der Waals surface area contributed by atoms with E-state index in [1.807, 2.05) is 95.3 Å². The molecule has 2 aliphatic rings. The van der Waals surface area contributed by atoms with Crippen LogP contribution < -0.4 is 10.6 Å². The van der Waals surface area contributed by atoms with Gasteiger partial charge in [-0.1, -0.05) is 54.6 Å². The van der Waals surface area contributed by atoms with E-state index in [2.05, 4.69) is 15.5 Å². The smallest absolute Gasteiger partial charge is 0.408 e. The summed E-state index contributed by atoms with van der Waals surface area (Å²) in [6.45, 7) is 10.3. The molecule has 8 heteroatoms. The molecule has 3 aromatic rings. The molecule has 0 spiro atoms. The summed E-state index contributed by atoms with van der Waals surface area (Å²) in [6, 6.07) is 20.4. The highest BCUT2D eigenvalue weighted by atomic mass is 16.6. The summed E-state index contributed by atoms with van der Waals surface area (Å²) in [5.41, 5.74) is 4.03. The first-order chi connectivity index (χ1) is 21.4. The second kappa shape index (κ2) is 13.4. The molecule has 45 heavy (non-hydrogen) atoms. The van der Waals surface area contributed by atoms with Crippen molar-refractivity contribution in [1.29, 1.82) is 0 Å². The number of nitrogens with zero attached hydrogens (tertiary/aromatic N) is 2. The zero-order valence-corrected chi connectivity index (χ0v) is 27.2. The maximum absolute atomic E-state index is 13.1. The summed E-state index contributed by atoms with van der Waals surface area (Å²) in [6.07, 6.45) is 7.26. The molecule has 0 unspecified atom stereocenters. The Hall–Kier alpha value is -4.20. The SMILES string of the molecule is CC(C)(C)OC(=O)NC(C)(C)c1ccc(-c2ncc(NC(=O)CC3CCC(N4CCCC4=O)CC3)cc2-c2ccccc2)cc1. The number of nitrogens with one attached hydrogen (secondary N) is 2. The quantitative estimate of drug-likeness (QED) is 0.272. The van der Waals surface area contributed by atoms with Gasteiger partial charge in [-0.3, -0.25) is 14.6 Å². The maximum Gasteiger partial charge on any atom is 0.408 e. The third-order valence-electron chi connectivity index (χ3n) is 8.79. The first kappa shape index (κ1) is 32.2. The standard InChI is InChI=1S/C37H46N4O4/c1-36(2,3)45-35(44)40-37(4,5)28-17-15-27(16-18-28)34-31(26-10-7-6-8-11-26)23-29(24-38-34)39-32(42)22-25-13-19-30(20-14-25)41-21-9-12-33(41)43/h6-8,10-11,15-18,23-25,30H,9,12-14,19-22H2,1-5H3,(H,39,42)(H,40,44). The third-order valence-corrected chi connectivity index (χ3v) is 8.79. The Morgan fingerprint density at radius 3 is 2.24 bits per heavy atom. The zero-order valence-electron chi connectivity index (χ0n) is 27.2. The number of carbonyl (C=O) groups excluding carboxylic acids is 3. The van der Waals surface area contributed by atoms with Crippen LogP contribution in [0, 0.1) is 5.92 Å². The predicted octanol–water partition coefficient (Wildman–Crippen LogP) is 7.69. The van der Waals surface area contributed by atoms with Crippen molar-refractivity contribution in [2.45, 2.75) is 96.7 Å². The average molecular weight is 611 g/mol. The number of benzene rings is 2. The van der Waals surface area contributed by atoms with E-state index in [9.17, 15) is 14.4 Å². The van der Waals surface area contributed by atoms with Crippen LogP contribution in [0.3, 0.4) is 0 Å². The Labute approximate surface area is 267 Å². The number of anilines is 1. The second-order valence-electron chi connectivity index (χ2n) is 13.9. The third kappa shape index (κ3) is 8.29. The lowest BCUT2D eigenvalue weighted by Crippen LogP contribution is -2.43. The van der Waals surface area contributed by atoms with Crippen molar-refractivity contribution >= 4 is 23.6 Å². The van der Waals surface area contributed by atoms with Gasteiger partial charge in [-0.15, -0.1) is 0 Å². The van der Waals surface area contributed by atoms with E-state index in [0.717, 1.165) is 66.6 Å². The van der Waals surface area contributed by atoms with E-state index in [4.69, 9.17) is 9.72 Å². The molecular weight excluding hydrogens is 564 g/mol. The van der Waals surface area contributed by atoms with E-state index < -0.39 is 17.2 Å². The summed E-state index contributed by atoms with van der Waals surface area (Å²) in [5, 5.41) is 6.06. The average Bonchev–Trinajstić information content (AvgIpc) is 3.42. The first-order valence-corrected chi connectivity index (χ1v) is 16.1. The Balaban J connectivity index is 1.28. The van der Waals surface area contributed by atoms with Gasteiger partial charge in [0.05, 0.1) is 23.1 Å². The molecule has 1 aromatic heterocycles. The molecule has 1 saturated carbocycles. The molecule has 0 atom stereocenters. The summed E-state index contributed by atoms with van der Waals surface area (Å²) in [4.78, 5) is 44.6. The van der Waals surface area contributed by atoms with Gasteiger partial charge in [-0.05, 0) is 89.8 Å². The van der Waals surface area contributed by atoms with E-state index in [0.29, 0.717) is 30.5 Å². The van der Waals surface area contributed by atoms with Crippen LogP contribution in [0.5, 0.6) is 0 Å². The number of alkyl carbamates (subject to hydrolysis) is 1. The summed E-state index contributed by atoms with van der Waals surface area (Å²) >= 11 is 0. The van der Waals surface area contributed by atoms with E-state index in [1.165, 1.54) is 0 Å². The van der Waals surface area contributed by atoms with Gasteiger partial charge < -0.3 is 20.3 Å². The van der Waals surface area contributed by atoms with Crippen molar-refractivity contribution < 1.29 is 19.1 Å². The summed E-state index contributed by atoms with van der Waals surface area (Å²) in [5.74, 6) is 0.608. The monoisotopic (exact) mass is 610 g/mol.